The lowest BCUT2D eigenvalue weighted by molar-refractivity contribution is 0.554. The number of sulfonamides is 1. The van der Waals surface area contributed by atoms with Crippen LogP contribution in [0.1, 0.15) is 0 Å². The van der Waals surface area contributed by atoms with Crippen LogP contribution in [-0.4, -0.2) is 23.4 Å². The summed E-state index contributed by atoms with van der Waals surface area (Å²) >= 11 is 0. The Morgan fingerprint density at radius 1 is 0.848 bits per heavy atom. The number of hydrogen-bond donors (Lipinski definition) is 3. The van der Waals surface area contributed by atoms with Gasteiger partial charge >= 0.3 is 5.76 Å². The van der Waals surface area contributed by atoms with Crippen molar-refractivity contribution < 1.29 is 12.8 Å². The molecular formula is C23H17N5O4S. The van der Waals surface area contributed by atoms with Crippen LogP contribution in [0.3, 0.4) is 0 Å². The van der Waals surface area contributed by atoms with Gasteiger partial charge in [-0.25, -0.2) is 23.2 Å². The van der Waals surface area contributed by atoms with Crippen LogP contribution in [0.4, 0.5) is 17.2 Å². The molecule has 5 rings (SSSR count). The first kappa shape index (κ1) is 20.5. The Labute approximate surface area is 188 Å². The lowest BCUT2D eigenvalue weighted by Gasteiger charge is -2.10. The number of nitrogens with one attached hydrogen (secondary N) is 3. The Hall–Kier alpha value is -4.44. The molecule has 0 spiro atoms. The van der Waals surface area contributed by atoms with Gasteiger partial charge in [0.1, 0.15) is 12.1 Å². The number of aromatic amines is 1. The van der Waals surface area contributed by atoms with Crippen LogP contribution in [0.5, 0.6) is 0 Å². The molecular weight excluding hydrogens is 442 g/mol. The molecule has 0 fully saturated rings. The maximum Gasteiger partial charge on any atom is 0.417 e. The first-order valence-electron chi connectivity index (χ1n) is 9.87. The molecule has 3 N–H and O–H groups in total. The second kappa shape index (κ2) is 8.24. The third-order valence-corrected chi connectivity index (χ3v) is 6.23. The van der Waals surface area contributed by atoms with Gasteiger partial charge in [0.05, 0.1) is 16.1 Å². The molecule has 2 aromatic heterocycles. The third-order valence-electron chi connectivity index (χ3n) is 4.85. The Morgan fingerprint density at radius 3 is 2.39 bits per heavy atom. The van der Waals surface area contributed by atoms with Gasteiger partial charge in [-0.15, -0.1) is 0 Å². The molecule has 0 atom stereocenters. The molecule has 33 heavy (non-hydrogen) atoms. The number of benzene rings is 3. The molecule has 0 radical (unpaired) electrons. The highest BCUT2D eigenvalue weighted by molar-refractivity contribution is 7.92. The first-order chi connectivity index (χ1) is 16.0. The number of aromatic nitrogens is 3. The van der Waals surface area contributed by atoms with Gasteiger partial charge in [0, 0.05) is 29.1 Å². The predicted molar refractivity (Wildman–Crippen MR) is 125 cm³/mol. The molecule has 0 saturated heterocycles. The van der Waals surface area contributed by atoms with Crippen LogP contribution in [0.15, 0.2) is 99.3 Å². The van der Waals surface area contributed by atoms with Crippen LogP contribution in [0, 0.1) is 0 Å². The van der Waals surface area contributed by atoms with E-state index in [-0.39, 0.29) is 10.5 Å². The van der Waals surface area contributed by atoms with Crippen LogP contribution in [0.25, 0.3) is 22.4 Å². The first-order valence-corrected chi connectivity index (χ1v) is 11.3. The summed E-state index contributed by atoms with van der Waals surface area (Å²) in [6.07, 6.45) is 1.48. The molecule has 9 nitrogen and oxygen atoms in total. The molecule has 0 aliphatic rings. The summed E-state index contributed by atoms with van der Waals surface area (Å²) in [4.78, 5) is 22.3. The fourth-order valence-corrected chi connectivity index (χ4v) is 4.34. The van der Waals surface area contributed by atoms with E-state index >= 15 is 0 Å². The molecule has 0 unspecified atom stereocenters. The van der Waals surface area contributed by atoms with Gasteiger partial charge < -0.3 is 9.73 Å². The zero-order valence-electron chi connectivity index (χ0n) is 17.0. The van der Waals surface area contributed by atoms with E-state index in [2.05, 4.69) is 25.0 Å². The van der Waals surface area contributed by atoms with Crippen molar-refractivity contribution >= 4 is 38.3 Å². The van der Waals surface area contributed by atoms with Crippen molar-refractivity contribution in [1.82, 2.24) is 15.0 Å². The highest BCUT2D eigenvalue weighted by Crippen LogP contribution is 2.24. The second-order valence-electron chi connectivity index (χ2n) is 7.13. The SMILES string of the molecule is O=c1[nH]c2ccc(S(=O)(=O)Nc3ccc(Nc4cc(-c5ccccc5)ncn4)cc3)cc2o1. The van der Waals surface area contributed by atoms with E-state index in [1.54, 1.807) is 24.3 Å². The van der Waals surface area contributed by atoms with Crippen LogP contribution < -0.4 is 15.8 Å². The second-order valence-corrected chi connectivity index (χ2v) is 8.82. The van der Waals surface area contributed by atoms with Gasteiger partial charge in [-0.3, -0.25) is 9.71 Å². The maximum atomic E-state index is 12.7. The van der Waals surface area contributed by atoms with E-state index < -0.39 is 15.8 Å². The van der Waals surface area contributed by atoms with Gasteiger partial charge in [-0.05, 0) is 36.4 Å². The van der Waals surface area contributed by atoms with E-state index in [0.717, 1.165) is 16.9 Å². The minimum Gasteiger partial charge on any atom is -0.408 e. The molecule has 0 aliphatic carbocycles. The van der Waals surface area contributed by atoms with E-state index in [4.69, 9.17) is 4.42 Å². The number of rotatable bonds is 6. The average Bonchev–Trinajstić information content (AvgIpc) is 3.20. The van der Waals surface area contributed by atoms with E-state index in [1.165, 1.54) is 24.5 Å². The average molecular weight is 459 g/mol. The normalized spacial score (nSPS) is 11.4. The maximum absolute atomic E-state index is 12.7. The van der Waals surface area contributed by atoms with Crippen molar-refractivity contribution in [2.24, 2.45) is 0 Å². The fraction of sp³-hybridized carbons (Fsp3) is 0. The molecule has 5 aromatic rings. The largest absolute Gasteiger partial charge is 0.417 e. The predicted octanol–water partition coefficient (Wildman–Crippen LogP) is 4.12. The number of nitrogens with zero attached hydrogens (tertiary/aromatic N) is 2. The van der Waals surface area contributed by atoms with E-state index in [9.17, 15) is 13.2 Å². The molecule has 3 aromatic carbocycles. The molecule has 0 saturated carbocycles. The fourth-order valence-electron chi connectivity index (χ4n) is 3.27. The number of fused-ring (bicyclic) bond motifs is 1. The van der Waals surface area contributed by atoms with Crippen molar-refractivity contribution in [3.8, 4) is 11.3 Å². The summed E-state index contributed by atoms with van der Waals surface area (Å²) in [5.41, 5.74) is 3.46. The molecule has 10 heteroatoms. The summed E-state index contributed by atoms with van der Waals surface area (Å²) in [5, 5.41) is 3.18. The minimum atomic E-state index is -3.87. The lowest BCUT2D eigenvalue weighted by atomic mass is 10.1. The molecule has 0 aliphatic heterocycles. The Morgan fingerprint density at radius 2 is 1.61 bits per heavy atom. The Balaban J connectivity index is 1.32. The lowest BCUT2D eigenvalue weighted by Crippen LogP contribution is -2.12. The van der Waals surface area contributed by atoms with Crippen molar-refractivity contribution in [3.05, 3.63) is 95.7 Å². The van der Waals surface area contributed by atoms with Crippen LogP contribution in [0.2, 0.25) is 0 Å². The summed E-state index contributed by atoms with van der Waals surface area (Å²) in [7, 11) is -3.87. The standard InChI is InChI=1S/C23H17N5O4S/c29-23-27-19-11-10-18(12-21(19)32-23)33(30,31)28-17-8-6-16(7-9-17)26-22-13-20(24-14-25-22)15-4-2-1-3-5-15/h1-14,28H,(H,27,29)(H,24,25,26). The topological polar surface area (TPSA) is 130 Å². The van der Waals surface area contributed by atoms with E-state index in [0.29, 0.717) is 17.0 Å². The zero-order chi connectivity index (χ0) is 22.8. The summed E-state index contributed by atoms with van der Waals surface area (Å²) in [6, 6.07) is 22.5. The molecule has 0 amide bonds. The summed E-state index contributed by atoms with van der Waals surface area (Å²) in [6.45, 7) is 0. The Kier molecular flexibility index (Phi) is 5.11. The monoisotopic (exact) mass is 459 g/mol. The Bertz CT molecular complexity index is 1590. The van der Waals surface area contributed by atoms with Gasteiger partial charge in [-0.2, -0.15) is 0 Å². The summed E-state index contributed by atoms with van der Waals surface area (Å²) < 4.78 is 32.9. The van der Waals surface area contributed by atoms with Crippen LogP contribution >= 0.6 is 0 Å². The number of H-pyrrole nitrogens is 1. The van der Waals surface area contributed by atoms with Gasteiger partial charge in [0.25, 0.3) is 10.0 Å². The quantitative estimate of drug-likeness (QED) is 0.348. The van der Waals surface area contributed by atoms with Gasteiger partial charge in [0.15, 0.2) is 5.58 Å². The van der Waals surface area contributed by atoms with Crippen molar-refractivity contribution in [1.29, 1.82) is 0 Å². The third kappa shape index (κ3) is 4.46. The van der Waals surface area contributed by atoms with E-state index in [1.807, 2.05) is 36.4 Å². The minimum absolute atomic E-state index is 0.0191. The molecule has 2 heterocycles. The van der Waals surface area contributed by atoms with Crippen molar-refractivity contribution in [2.75, 3.05) is 10.0 Å². The highest BCUT2D eigenvalue weighted by Gasteiger charge is 2.16. The van der Waals surface area contributed by atoms with Gasteiger partial charge in [-0.1, -0.05) is 30.3 Å². The smallest absolute Gasteiger partial charge is 0.408 e. The van der Waals surface area contributed by atoms with Crippen molar-refractivity contribution in [2.45, 2.75) is 4.90 Å². The number of anilines is 3. The highest BCUT2D eigenvalue weighted by atomic mass is 32.2. The zero-order valence-corrected chi connectivity index (χ0v) is 17.8. The van der Waals surface area contributed by atoms with Crippen molar-refractivity contribution in [3.63, 3.8) is 0 Å². The van der Waals surface area contributed by atoms with Crippen LogP contribution in [-0.2, 0) is 10.0 Å². The number of hydrogen-bond acceptors (Lipinski definition) is 7. The molecule has 164 valence electrons. The number of oxazole rings is 1. The van der Waals surface area contributed by atoms with Gasteiger partial charge in [0.2, 0.25) is 0 Å². The molecule has 0 bridgehead atoms. The summed E-state index contributed by atoms with van der Waals surface area (Å²) in [5.74, 6) is -0.0337.